The highest BCUT2D eigenvalue weighted by Gasteiger charge is 2.16. The molecule has 98 valence electrons. The Bertz CT molecular complexity index is 459. The molecule has 0 saturated carbocycles. The molecule has 0 radical (unpaired) electrons. The Morgan fingerprint density at radius 3 is 2.83 bits per heavy atom. The van der Waals surface area contributed by atoms with Crippen LogP contribution in [0.1, 0.15) is 33.4 Å². The summed E-state index contributed by atoms with van der Waals surface area (Å²) in [6.45, 7) is 8.59. The van der Waals surface area contributed by atoms with Gasteiger partial charge in [0.15, 0.2) is 5.13 Å². The Morgan fingerprint density at radius 1 is 1.67 bits per heavy atom. The molecule has 0 unspecified atom stereocenters. The van der Waals surface area contributed by atoms with Crippen molar-refractivity contribution in [3.05, 3.63) is 11.1 Å². The molecule has 1 heterocycles. The normalized spacial score (nSPS) is 11.1. The topological polar surface area (TPSA) is 45.2 Å². The van der Waals surface area contributed by atoms with Crippen LogP contribution in [0.2, 0.25) is 0 Å². The third-order valence-electron chi connectivity index (χ3n) is 2.54. The van der Waals surface area contributed by atoms with Crippen LogP contribution in [0.4, 0.5) is 5.13 Å². The third-order valence-corrected chi connectivity index (χ3v) is 3.45. The van der Waals surface area contributed by atoms with Crippen molar-refractivity contribution in [1.29, 1.82) is 0 Å². The maximum Gasteiger partial charge on any atom is 0.225 e. The Hall–Kier alpha value is -1.38. The molecule has 18 heavy (non-hydrogen) atoms. The van der Waals surface area contributed by atoms with Gasteiger partial charge in [-0.25, -0.2) is 4.98 Å². The second-order valence-corrected chi connectivity index (χ2v) is 5.34. The SMILES string of the molecule is C#CC(C)(C)NCc1csc(N(CC)C(C)=O)n1. The zero-order valence-corrected chi connectivity index (χ0v) is 12.1. The minimum absolute atomic E-state index is 0.00955. The number of nitrogens with zero attached hydrogens (tertiary/aromatic N) is 2. The molecular weight excluding hydrogens is 246 g/mol. The van der Waals surface area contributed by atoms with E-state index in [1.807, 2.05) is 26.2 Å². The lowest BCUT2D eigenvalue weighted by Crippen LogP contribution is -2.37. The molecule has 0 aliphatic rings. The van der Waals surface area contributed by atoms with Gasteiger partial charge in [-0.2, -0.15) is 0 Å². The fourth-order valence-electron chi connectivity index (χ4n) is 1.36. The van der Waals surface area contributed by atoms with Gasteiger partial charge in [-0.15, -0.1) is 17.8 Å². The van der Waals surface area contributed by atoms with E-state index in [2.05, 4.69) is 16.2 Å². The van der Waals surface area contributed by atoms with Crippen molar-refractivity contribution in [2.24, 2.45) is 0 Å². The van der Waals surface area contributed by atoms with Crippen LogP contribution in [0, 0.1) is 12.3 Å². The highest BCUT2D eigenvalue weighted by Crippen LogP contribution is 2.20. The van der Waals surface area contributed by atoms with Crippen LogP contribution in [-0.2, 0) is 11.3 Å². The molecule has 0 atom stereocenters. The Kier molecular flexibility index (Phi) is 4.88. The minimum atomic E-state index is -0.352. The molecule has 1 amide bonds. The lowest BCUT2D eigenvalue weighted by atomic mass is 10.1. The van der Waals surface area contributed by atoms with E-state index in [0.717, 1.165) is 10.8 Å². The van der Waals surface area contributed by atoms with E-state index in [4.69, 9.17) is 6.42 Å². The average molecular weight is 265 g/mol. The molecule has 0 bridgehead atoms. The number of aromatic nitrogens is 1. The smallest absolute Gasteiger partial charge is 0.225 e. The third kappa shape index (κ3) is 3.83. The van der Waals surface area contributed by atoms with Crippen LogP contribution in [0.25, 0.3) is 0 Å². The van der Waals surface area contributed by atoms with Gasteiger partial charge < -0.3 is 0 Å². The monoisotopic (exact) mass is 265 g/mol. The van der Waals surface area contributed by atoms with Crippen LogP contribution >= 0.6 is 11.3 Å². The molecule has 0 fully saturated rings. The zero-order valence-electron chi connectivity index (χ0n) is 11.3. The van der Waals surface area contributed by atoms with Gasteiger partial charge in [0.2, 0.25) is 5.91 Å². The molecule has 4 nitrogen and oxygen atoms in total. The Morgan fingerprint density at radius 2 is 2.33 bits per heavy atom. The van der Waals surface area contributed by atoms with Gasteiger partial charge in [-0.1, -0.05) is 5.92 Å². The fraction of sp³-hybridized carbons (Fsp3) is 0.538. The summed E-state index contributed by atoms with van der Waals surface area (Å²) in [6, 6.07) is 0. The maximum atomic E-state index is 11.4. The Balaban J connectivity index is 2.70. The van der Waals surface area contributed by atoms with E-state index in [0.29, 0.717) is 13.1 Å². The number of hydrogen-bond donors (Lipinski definition) is 1. The second-order valence-electron chi connectivity index (χ2n) is 4.51. The van der Waals surface area contributed by atoms with Crippen molar-refractivity contribution in [3.63, 3.8) is 0 Å². The molecule has 5 heteroatoms. The van der Waals surface area contributed by atoms with E-state index in [9.17, 15) is 4.79 Å². The van der Waals surface area contributed by atoms with Gasteiger partial charge in [0.1, 0.15) is 0 Å². The predicted octanol–water partition coefficient (Wildman–Crippen LogP) is 2.02. The van der Waals surface area contributed by atoms with E-state index in [1.54, 1.807) is 11.8 Å². The van der Waals surface area contributed by atoms with Crippen molar-refractivity contribution in [2.75, 3.05) is 11.4 Å². The number of rotatable bonds is 5. The van der Waals surface area contributed by atoms with Crippen LogP contribution < -0.4 is 10.2 Å². The average Bonchev–Trinajstić information content (AvgIpc) is 2.76. The first-order chi connectivity index (χ1) is 8.39. The summed E-state index contributed by atoms with van der Waals surface area (Å²) in [6.07, 6.45) is 5.40. The van der Waals surface area contributed by atoms with Crippen molar-refractivity contribution >= 4 is 22.4 Å². The van der Waals surface area contributed by atoms with Crippen LogP contribution in [0.5, 0.6) is 0 Å². The summed E-state index contributed by atoms with van der Waals surface area (Å²) in [5.41, 5.74) is 0.549. The van der Waals surface area contributed by atoms with Crippen molar-refractivity contribution in [2.45, 2.75) is 39.8 Å². The number of carbonyl (C=O) groups excluding carboxylic acids is 1. The quantitative estimate of drug-likeness (QED) is 0.828. The molecule has 1 aromatic rings. The molecule has 1 rings (SSSR count). The van der Waals surface area contributed by atoms with Crippen LogP contribution in [0.15, 0.2) is 5.38 Å². The molecule has 0 spiro atoms. The number of amides is 1. The minimum Gasteiger partial charge on any atom is -0.296 e. The molecule has 0 saturated heterocycles. The lowest BCUT2D eigenvalue weighted by Gasteiger charge is -2.18. The summed E-state index contributed by atoms with van der Waals surface area (Å²) in [5, 5.41) is 5.91. The second kappa shape index (κ2) is 5.98. The standard InChI is InChI=1S/C13H19N3OS/c1-6-13(4,5)14-8-11-9-18-12(15-11)16(7-2)10(3)17/h1,9,14H,7-8H2,2-5H3. The van der Waals surface area contributed by atoms with E-state index in [1.165, 1.54) is 11.3 Å². The molecule has 0 aromatic carbocycles. The number of terminal acetylenes is 1. The number of thiazole rings is 1. The molecule has 1 aromatic heterocycles. The summed E-state index contributed by atoms with van der Waals surface area (Å²) < 4.78 is 0. The fourth-order valence-corrected chi connectivity index (χ4v) is 2.29. The van der Waals surface area contributed by atoms with E-state index >= 15 is 0 Å². The van der Waals surface area contributed by atoms with E-state index < -0.39 is 0 Å². The first-order valence-electron chi connectivity index (χ1n) is 5.85. The van der Waals surface area contributed by atoms with Gasteiger partial charge in [-0.05, 0) is 20.8 Å². The first-order valence-corrected chi connectivity index (χ1v) is 6.73. The molecule has 1 N–H and O–H groups in total. The van der Waals surface area contributed by atoms with Crippen molar-refractivity contribution in [3.8, 4) is 12.3 Å². The number of hydrogen-bond acceptors (Lipinski definition) is 4. The highest BCUT2D eigenvalue weighted by molar-refractivity contribution is 7.14. The Labute approximate surface area is 112 Å². The summed E-state index contributed by atoms with van der Waals surface area (Å²) in [5.74, 6) is 2.68. The maximum absolute atomic E-state index is 11.4. The van der Waals surface area contributed by atoms with Gasteiger partial charge >= 0.3 is 0 Å². The van der Waals surface area contributed by atoms with Gasteiger partial charge in [0, 0.05) is 25.4 Å². The number of anilines is 1. The predicted molar refractivity (Wildman–Crippen MR) is 75.6 cm³/mol. The lowest BCUT2D eigenvalue weighted by molar-refractivity contribution is -0.116. The largest absolute Gasteiger partial charge is 0.296 e. The molecule has 0 aliphatic heterocycles. The van der Waals surface area contributed by atoms with Gasteiger partial charge in [0.25, 0.3) is 0 Å². The van der Waals surface area contributed by atoms with Crippen LogP contribution in [-0.4, -0.2) is 23.0 Å². The van der Waals surface area contributed by atoms with Gasteiger partial charge in [0.05, 0.1) is 11.2 Å². The first kappa shape index (κ1) is 14.7. The number of carbonyl (C=O) groups is 1. The summed E-state index contributed by atoms with van der Waals surface area (Å²) >= 11 is 1.47. The van der Waals surface area contributed by atoms with Crippen molar-refractivity contribution in [1.82, 2.24) is 10.3 Å². The summed E-state index contributed by atoms with van der Waals surface area (Å²) in [4.78, 5) is 17.5. The van der Waals surface area contributed by atoms with Crippen molar-refractivity contribution < 1.29 is 4.79 Å². The zero-order chi connectivity index (χ0) is 13.8. The number of nitrogens with one attached hydrogen (secondary N) is 1. The van der Waals surface area contributed by atoms with Gasteiger partial charge in [-0.3, -0.25) is 15.0 Å². The van der Waals surface area contributed by atoms with Crippen LogP contribution in [0.3, 0.4) is 0 Å². The summed E-state index contributed by atoms with van der Waals surface area (Å²) in [7, 11) is 0. The van der Waals surface area contributed by atoms with E-state index in [-0.39, 0.29) is 11.4 Å². The molecular formula is C13H19N3OS. The highest BCUT2D eigenvalue weighted by atomic mass is 32.1. The molecule has 0 aliphatic carbocycles.